The molecular weight excluding hydrogens is 459 g/mol. The average Bonchev–Trinajstić information content (AvgIpc) is 2.87. The standard InChI is InChI=1S/C29H33FN2O4/c1-28(2,14-6-9-22-7-3-4-11-26(22)30)32-18-24(33)19-36-25-10-5-8-23(17-25)21-12-15-29(20-31,16-13-21)27(34)35/h3-5,7-8,10-13,15,17,24,32-33H,6,9,14,16,18-19H2,1-2H3,(H,34,35)/t24-,29?/m1/s1. The summed E-state index contributed by atoms with van der Waals surface area (Å²) in [6.45, 7) is 4.57. The molecule has 2 atom stereocenters. The van der Waals surface area contributed by atoms with Gasteiger partial charge in [0.1, 0.15) is 24.3 Å². The van der Waals surface area contributed by atoms with Crippen LogP contribution in [-0.2, 0) is 11.2 Å². The Kier molecular flexibility index (Phi) is 9.03. The number of hydrogen-bond donors (Lipinski definition) is 3. The third-order valence-electron chi connectivity index (χ3n) is 6.40. The molecule has 3 rings (SSSR count). The summed E-state index contributed by atoms with van der Waals surface area (Å²) < 4.78 is 19.6. The Morgan fingerprint density at radius 3 is 2.72 bits per heavy atom. The average molecular weight is 493 g/mol. The lowest BCUT2D eigenvalue weighted by Gasteiger charge is -2.28. The second-order valence-corrected chi connectivity index (χ2v) is 9.79. The zero-order valence-corrected chi connectivity index (χ0v) is 20.7. The highest BCUT2D eigenvalue weighted by atomic mass is 19.1. The van der Waals surface area contributed by atoms with Crippen molar-refractivity contribution < 1.29 is 24.1 Å². The summed E-state index contributed by atoms with van der Waals surface area (Å²) in [5.74, 6) is -0.754. The van der Waals surface area contributed by atoms with Gasteiger partial charge in [0, 0.05) is 12.1 Å². The lowest BCUT2D eigenvalue weighted by molar-refractivity contribution is -0.143. The van der Waals surface area contributed by atoms with Crippen molar-refractivity contribution in [1.82, 2.24) is 5.32 Å². The highest BCUT2D eigenvalue weighted by molar-refractivity contribution is 5.85. The van der Waals surface area contributed by atoms with E-state index in [1.807, 2.05) is 36.4 Å². The fourth-order valence-electron chi connectivity index (χ4n) is 4.06. The molecule has 0 heterocycles. The molecule has 1 unspecified atom stereocenters. The van der Waals surface area contributed by atoms with Crippen LogP contribution in [0.5, 0.6) is 5.75 Å². The first-order valence-electron chi connectivity index (χ1n) is 12.1. The molecule has 36 heavy (non-hydrogen) atoms. The van der Waals surface area contributed by atoms with Crippen LogP contribution in [0.4, 0.5) is 4.39 Å². The third kappa shape index (κ3) is 7.27. The van der Waals surface area contributed by atoms with Crippen LogP contribution in [0.3, 0.4) is 0 Å². The summed E-state index contributed by atoms with van der Waals surface area (Å²) >= 11 is 0. The van der Waals surface area contributed by atoms with Crippen LogP contribution in [0.15, 0.2) is 66.8 Å². The second-order valence-electron chi connectivity index (χ2n) is 9.79. The minimum absolute atomic E-state index is 0.0935. The van der Waals surface area contributed by atoms with E-state index in [0.29, 0.717) is 18.7 Å². The van der Waals surface area contributed by atoms with E-state index in [1.165, 1.54) is 12.1 Å². The van der Waals surface area contributed by atoms with Crippen LogP contribution in [0.25, 0.3) is 5.57 Å². The Balaban J connectivity index is 1.45. The topological polar surface area (TPSA) is 103 Å². The molecule has 190 valence electrons. The number of carboxylic acid groups (broad SMARTS) is 1. The Labute approximate surface area is 211 Å². The highest BCUT2D eigenvalue weighted by Gasteiger charge is 2.36. The summed E-state index contributed by atoms with van der Waals surface area (Å²) in [5.41, 5.74) is 0.617. The Hall–Kier alpha value is -3.47. The van der Waals surface area contributed by atoms with Gasteiger partial charge in [-0.2, -0.15) is 5.26 Å². The van der Waals surface area contributed by atoms with E-state index >= 15 is 0 Å². The van der Waals surface area contributed by atoms with Gasteiger partial charge in [0.15, 0.2) is 5.41 Å². The predicted molar refractivity (Wildman–Crippen MR) is 137 cm³/mol. The lowest BCUT2D eigenvalue weighted by Crippen LogP contribution is -2.44. The largest absolute Gasteiger partial charge is 0.491 e. The van der Waals surface area contributed by atoms with Crippen molar-refractivity contribution in [2.45, 2.75) is 51.2 Å². The maximum atomic E-state index is 13.8. The van der Waals surface area contributed by atoms with E-state index in [-0.39, 0.29) is 24.4 Å². The zero-order chi connectivity index (χ0) is 26.2. The van der Waals surface area contributed by atoms with E-state index in [2.05, 4.69) is 19.2 Å². The van der Waals surface area contributed by atoms with E-state index in [9.17, 15) is 24.7 Å². The molecule has 1 aliphatic carbocycles. The minimum Gasteiger partial charge on any atom is -0.491 e. The number of aryl methyl sites for hydroxylation is 1. The Morgan fingerprint density at radius 2 is 2.06 bits per heavy atom. The first-order chi connectivity index (χ1) is 17.1. The highest BCUT2D eigenvalue weighted by Crippen LogP contribution is 2.33. The number of ether oxygens (including phenoxy) is 1. The van der Waals surface area contributed by atoms with E-state index < -0.39 is 17.5 Å². The number of carbonyl (C=O) groups is 1. The summed E-state index contributed by atoms with van der Waals surface area (Å²) in [6.07, 6.45) is 6.50. The van der Waals surface area contributed by atoms with Crippen molar-refractivity contribution in [3.8, 4) is 11.8 Å². The quantitative estimate of drug-likeness (QED) is 0.390. The molecule has 0 saturated heterocycles. The number of nitriles is 1. The molecule has 0 aromatic heterocycles. The molecule has 2 aromatic carbocycles. The van der Waals surface area contributed by atoms with Crippen LogP contribution in [0.2, 0.25) is 0 Å². The fourth-order valence-corrected chi connectivity index (χ4v) is 4.06. The van der Waals surface area contributed by atoms with Crippen molar-refractivity contribution in [2.75, 3.05) is 13.2 Å². The van der Waals surface area contributed by atoms with Gasteiger partial charge >= 0.3 is 5.97 Å². The van der Waals surface area contributed by atoms with Gasteiger partial charge in [0.25, 0.3) is 0 Å². The van der Waals surface area contributed by atoms with Crippen LogP contribution in [-0.4, -0.2) is 41.0 Å². The molecule has 0 amide bonds. The Morgan fingerprint density at radius 1 is 1.28 bits per heavy atom. The molecule has 7 heteroatoms. The molecular formula is C29H33FN2O4. The number of nitrogens with one attached hydrogen (secondary N) is 1. The fraction of sp³-hybridized carbons (Fsp3) is 0.379. The van der Waals surface area contributed by atoms with E-state index in [4.69, 9.17) is 4.74 Å². The van der Waals surface area contributed by atoms with Crippen molar-refractivity contribution in [2.24, 2.45) is 5.41 Å². The molecule has 1 aliphatic rings. The van der Waals surface area contributed by atoms with Crippen LogP contribution in [0.1, 0.15) is 44.2 Å². The van der Waals surface area contributed by atoms with Crippen molar-refractivity contribution in [3.63, 3.8) is 0 Å². The number of nitrogens with zero attached hydrogens (tertiary/aromatic N) is 1. The van der Waals surface area contributed by atoms with Crippen LogP contribution >= 0.6 is 0 Å². The molecule has 0 bridgehead atoms. The number of allylic oxidation sites excluding steroid dienone is 3. The summed E-state index contributed by atoms with van der Waals surface area (Å²) in [5, 5.41) is 32.4. The van der Waals surface area contributed by atoms with Gasteiger partial charge in [-0.15, -0.1) is 0 Å². The molecule has 2 aromatic rings. The smallest absolute Gasteiger partial charge is 0.328 e. The number of aliphatic hydroxyl groups excluding tert-OH is 1. The van der Waals surface area contributed by atoms with Gasteiger partial charge < -0.3 is 20.3 Å². The molecule has 3 N–H and O–H groups in total. The predicted octanol–water partition coefficient (Wildman–Crippen LogP) is 4.89. The maximum Gasteiger partial charge on any atom is 0.328 e. The van der Waals surface area contributed by atoms with Gasteiger partial charge in [-0.05, 0) is 74.4 Å². The summed E-state index contributed by atoms with van der Waals surface area (Å²) in [6, 6.07) is 16.0. The van der Waals surface area contributed by atoms with Gasteiger partial charge in [-0.1, -0.05) is 48.6 Å². The monoisotopic (exact) mass is 492 g/mol. The Bertz CT molecular complexity index is 1170. The van der Waals surface area contributed by atoms with E-state index in [1.54, 1.807) is 24.3 Å². The van der Waals surface area contributed by atoms with Crippen molar-refractivity contribution >= 4 is 11.5 Å². The van der Waals surface area contributed by atoms with Crippen molar-refractivity contribution in [1.29, 1.82) is 5.26 Å². The molecule has 0 spiro atoms. The normalized spacial score (nSPS) is 18.2. The molecule has 6 nitrogen and oxygen atoms in total. The lowest BCUT2D eigenvalue weighted by atomic mass is 9.80. The van der Waals surface area contributed by atoms with Crippen LogP contribution < -0.4 is 10.1 Å². The number of aliphatic carboxylic acids is 1. The summed E-state index contributed by atoms with van der Waals surface area (Å²) in [7, 11) is 0. The number of benzene rings is 2. The van der Waals surface area contributed by atoms with Crippen LogP contribution in [0, 0.1) is 22.6 Å². The van der Waals surface area contributed by atoms with Gasteiger partial charge in [0.05, 0.1) is 6.07 Å². The van der Waals surface area contributed by atoms with Gasteiger partial charge in [0.2, 0.25) is 0 Å². The number of hydrogen-bond acceptors (Lipinski definition) is 5. The molecule has 0 saturated carbocycles. The number of β-amino-alcohol motifs (C(OH)–C–C–N with tert-alkyl or cyclic N) is 1. The molecule has 0 fully saturated rings. The second kappa shape index (κ2) is 12.0. The number of rotatable bonds is 12. The minimum atomic E-state index is -1.53. The third-order valence-corrected chi connectivity index (χ3v) is 6.40. The number of aliphatic hydroxyl groups is 1. The number of halogens is 1. The SMILES string of the molecule is CC(C)(CCCc1ccccc1F)NC[C@@H](O)COc1cccc(C2=CCC(C#N)(C(=O)O)C=C2)c1. The van der Waals surface area contributed by atoms with Gasteiger partial charge in [-0.25, -0.2) is 4.39 Å². The van der Waals surface area contributed by atoms with Gasteiger partial charge in [-0.3, -0.25) is 4.79 Å². The first kappa shape index (κ1) is 27.1. The molecule has 0 radical (unpaired) electrons. The van der Waals surface area contributed by atoms with E-state index in [0.717, 1.165) is 29.5 Å². The first-order valence-corrected chi connectivity index (χ1v) is 12.1. The number of carboxylic acids is 1. The molecule has 0 aliphatic heterocycles. The maximum absolute atomic E-state index is 13.8. The van der Waals surface area contributed by atoms with Crippen molar-refractivity contribution in [3.05, 3.63) is 83.7 Å². The summed E-state index contributed by atoms with van der Waals surface area (Å²) in [4.78, 5) is 11.4. The zero-order valence-electron chi connectivity index (χ0n) is 20.7.